The van der Waals surface area contributed by atoms with E-state index in [2.05, 4.69) is 15.0 Å². The molecule has 0 radical (unpaired) electrons. The molecule has 1 amide bonds. The minimum absolute atomic E-state index is 0.0862. The van der Waals surface area contributed by atoms with Crippen molar-refractivity contribution in [1.29, 1.82) is 0 Å². The van der Waals surface area contributed by atoms with Crippen LogP contribution in [0.3, 0.4) is 0 Å². The molecule has 3 aromatic carbocycles. The number of carbonyl (C=O) groups excluding carboxylic acids is 1. The number of unbranched alkanes of at least 4 members (excludes halogenated alkanes) is 1. The lowest BCUT2D eigenvalue weighted by Crippen LogP contribution is -2.33. The highest BCUT2D eigenvalue weighted by molar-refractivity contribution is 6.05. The normalized spacial score (nSPS) is 17.4. The van der Waals surface area contributed by atoms with Crippen LogP contribution in [-0.4, -0.2) is 24.5 Å². The first-order valence-corrected chi connectivity index (χ1v) is 11.9. The number of carbonyl (C=O) groups is 1. The highest BCUT2D eigenvalue weighted by atomic mass is 19.4. The van der Waals surface area contributed by atoms with Crippen molar-refractivity contribution >= 4 is 11.6 Å². The molecular weight excluding hydrogens is 491 g/mol. The molecule has 0 aliphatic carbocycles. The zero-order valence-electron chi connectivity index (χ0n) is 20.0. The van der Waals surface area contributed by atoms with E-state index in [0.29, 0.717) is 17.7 Å². The molecule has 0 spiro atoms. The van der Waals surface area contributed by atoms with Crippen LogP contribution in [0.25, 0.3) is 11.1 Å². The van der Waals surface area contributed by atoms with Crippen molar-refractivity contribution in [2.24, 2.45) is 10.9 Å². The van der Waals surface area contributed by atoms with E-state index < -0.39 is 30.0 Å². The number of benzene rings is 3. The highest BCUT2D eigenvalue weighted by Gasteiger charge is 2.37. The van der Waals surface area contributed by atoms with E-state index in [-0.39, 0.29) is 29.4 Å². The number of amides is 1. The molecule has 0 saturated carbocycles. The number of hydrogen-bond acceptors (Lipinski definition) is 3. The Morgan fingerprint density at radius 1 is 0.973 bits per heavy atom. The van der Waals surface area contributed by atoms with Gasteiger partial charge in [-0.05, 0) is 47.4 Å². The van der Waals surface area contributed by atoms with Crippen molar-refractivity contribution in [1.82, 2.24) is 5.32 Å². The summed E-state index contributed by atoms with van der Waals surface area (Å²) in [6.07, 6.45) is -2.97. The molecule has 9 heteroatoms. The van der Waals surface area contributed by atoms with Crippen LogP contribution in [-0.2, 0) is 4.79 Å². The van der Waals surface area contributed by atoms with E-state index in [0.717, 1.165) is 30.5 Å². The lowest BCUT2D eigenvalue weighted by molar-refractivity contribution is -0.274. The second-order valence-corrected chi connectivity index (χ2v) is 8.77. The molecule has 2 atom stereocenters. The molecule has 2 unspecified atom stereocenters. The van der Waals surface area contributed by atoms with Gasteiger partial charge in [0, 0.05) is 18.7 Å². The van der Waals surface area contributed by atoms with E-state index >= 15 is 0 Å². The SMILES string of the molecule is CCCCNC(=O)C1CC(c2c(F)cccc2F)=NC1c1ccc(-c2ccc(OC(F)(F)F)cc2)cc1. The van der Waals surface area contributed by atoms with Gasteiger partial charge in [-0.1, -0.05) is 55.8 Å². The molecule has 1 N–H and O–H groups in total. The monoisotopic (exact) mass is 516 g/mol. The van der Waals surface area contributed by atoms with Gasteiger partial charge in [-0.3, -0.25) is 9.79 Å². The number of halogens is 5. The number of aliphatic imine (C=N–C) groups is 1. The topological polar surface area (TPSA) is 50.7 Å². The van der Waals surface area contributed by atoms with E-state index in [1.807, 2.05) is 6.92 Å². The van der Waals surface area contributed by atoms with Crippen molar-refractivity contribution in [3.63, 3.8) is 0 Å². The summed E-state index contributed by atoms with van der Waals surface area (Å²) in [5.74, 6) is -2.68. The second-order valence-electron chi connectivity index (χ2n) is 8.77. The lowest BCUT2D eigenvalue weighted by Gasteiger charge is -2.18. The van der Waals surface area contributed by atoms with Gasteiger partial charge >= 0.3 is 6.36 Å². The summed E-state index contributed by atoms with van der Waals surface area (Å²) in [7, 11) is 0. The van der Waals surface area contributed by atoms with Crippen LogP contribution in [0.2, 0.25) is 0 Å². The smallest absolute Gasteiger partial charge is 0.406 e. The number of rotatable bonds is 8. The molecule has 37 heavy (non-hydrogen) atoms. The highest BCUT2D eigenvalue weighted by Crippen LogP contribution is 2.38. The maximum absolute atomic E-state index is 14.5. The summed E-state index contributed by atoms with van der Waals surface area (Å²) in [5.41, 5.74) is 2.05. The Kier molecular flexibility index (Phi) is 7.90. The summed E-state index contributed by atoms with van der Waals surface area (Å²) in [5, 5.41) is 2.89. The van der Waals surface area contributed by atoms with Crippen molar-refractivity contribution in [2.75, 3.05) is 6.54 Å². The quantitative estimate of drug-likeness (QED) is 0.259. The standard InChI is InChI=1S/C28H25F5N2O2/c1-2-3-15-34-27(36)21-16-24(25-22(29)5-4-6-23(25)30)35-26(21)19-9-7-17(8-10-19)18-11-13-20(14-12-18)37-28(31,32)33/h4-14,21,26H,2-3,15-16H2,1H3,(H,34,36). The Morgan fingerprint density at radius 3 is 2.14 bits per heavy atom. The zero-order chi connectivity index (χ0) is 26.6. The minimum atomic E-state index is -4.77. The van der Waals surface area contributed by atoms with Crippen molar-refractivity contribution in [2.45, 2.75) is 38.6 Å². The number of nitrogens with one attached hydrogen (secondary N) is 1. The number of hydrogen-bond donors (Lipinski definition) is 1. The minimum Gasteiger partial charge on any atom is -0.406 e. The van der Waals surface area contributed by atoms with Gasteiger partial charge in [-0.15, -0.1) is 13.2 Å². The Labute approximate surface area is 211 Å². The lowest BCUT2D eigenvalue weighted by atomic mass is 9.89. The molecule has 4 rings (SSSR count). The maximum Gasteiger partial charge on any atom is 0.573 e. The van der Waals surface area contributed by atoms with Crippen LogP contribution in [0, 0.1) is 17.6 Å². The fourth-order valence-corrected chi connectivity index (χ4v) is 4.35. The van der Waals surface area contributed by atoms with Gasteiger partial charge in [0.05, 0.1) is 17.5 Å². The van der Waals surface area contributed by atoms with Gasteiger partial charge in [0.1, 0.15) is 17.4 Å². The molecule has 0 saturated heterocycles. The van der Waals surface area contributed by atoms with Crippen molar-refractivity contribution in [3.8, 4) is 16.9 Å². The third kappa shape index (κ3) is 6.34. The van der Waals surface area contributed by atoms with Crippen molar-refractivity contribution < 1.29 is 31.5 Å². The molecule has 4 nitrogen and oxygen atoms in total. The average molecular weight is 517 g/mol. The predicted octanol–water partition coefficient (Wildman–Crippen LogP) is 7.00. The molecule has 1 aliphatic rings. The zero-order valence-corrected chi connectivity index (χ0v) is 20.0. The largest absolute Gasteiger partial charge is 0.573 e. The first-order valence-electron chi connectivity index (χ1n) is 11.9. The van der Waals surface area contributed by atoms with Crippen LogP contribution in [0.5, 0.6) is 5.75 Å². The fraction of sp³-hybridized carbons (Fsp3) is 0.286. The van der Waals surface area contributed by atoms with Crippen molar-refractivity contribution in [3.05, 3.63) is 89.5 Å². The molecule has 3 aromatic rings. The van der Waals surface area contributed by atoms with Crippen LogP contribution in [0.15, 0.2) is 71.7 Å². The number of nitrogens with zero attached hydrogens (tertiary/aromatic N) is 1. The number of alkyl halides is 3. The summed E-state index contributed by atoms with van der Waals surface area (Å²) in [6, 6.07) is 15.5. The van der Waals surface area contributed by atoms with Crippen LogP contribution < -0.4 is 10.1 Å². The van der Waals surface area contributed by atoms with E-state index in [1.165, 1.54) is 30.3 Å². The second kappa shape index (κ2) is 11.1. The predicted molar refractivity (Wildman–Crippen MR) is 130 cm³/mol. The van der Waals surface area contributed by atoms with Gasteiger partial charge in [-0.25, -0.2) is 8.78 Å². The average Bonchev–Trinajstić information content (AvgIpc) is 3.29. The van der Waals surface area contributed by atoms with Gasteiger partial charge in [0.2, 0.25) is 5.91 Å². The first kappa shape index (κ1) is 26.3. The van der Waals surface area contributed by atoms with Gasteiger partial charge in [0.25, 0.3) is 0 Å². The molecule has 194 valence electrons. The Morgan fingerprint density at radius 2 is 1.57 bits per heavy atom. The summed E-state index contributed by atoms with van der Waals surface area (Å²) in [6.45, 7) is 2.50. The summed E-state index contributed by atoms with van der Waals surface area (Å²) < 4.78 is 70.1. The maximum atomic E-state index is 14.5. The summed E-state index contributed by atoms with van der Waals surface area (Å²) in [4.78, 5) is 17.6. The molecule has 0 bridgehead atoms. The van der Waals surface area contributed by atoms with Gasteiger partial charge in [-0.2, -0.15) is 0 Å². The fourth-order valence-electron chi connectivity index (χ4n) is 4.35. The van der Waals surface area contributed by atoms with Crippen LogP contribution in [0.1, 0.15) is 43.4 Å². The van der Waals surface area contributed by atoms with E-state index in [9.17, 15) is 26.7 Å². The molecule has 0 fully saturated rings. The third-order valence-corrected chi connectivity index (χ3v) is 6.18. The Hall–Kier alpha value is -3.75. The Bertz CT molecular complexity index is 1250. The molecule has 1 heterocycles. The third-order valence-electron chi connectivity index (χ3n) is 6.18. The van der Waals surface area contributed by atoms with E-state index in [1.54, 1.807) is 24.3 Å². The first-order chi connectivity index (χ1) is 17.7. The van der Waals surface area contributed by atoms with Gasteiger partial charge < -0.3 is 10.1 Å². The molecular formula is C28H25F5N2O2. The van der Waals surface area contributed by atoms with Crippen LogP contribution in [0.4, 0.5) is 22.0 Å². The number of ether oxygens (including phenoxy) is 1. The molecule has 1 aliphatic heterocycles. The van der Waals surface area contributed by atoms with E-state index in [4.69, 9.17) is 0 Å². The summed E-state index contributed by atoms with van der Waals surface area (Å²) >= 11 is 0. The van der Waals surface area contributed by atoms with Gasteiger partial charge in [0.15, 0.2) is 0 Å². The Balaban J connectivity index is 1.60. The molecule has 0 aromatic heterocycles. The van der Waals surface area contributed by atoms with Crippen LogP contribution >= 0.6 is 0 Å².